The monoisotopic (exact) mass is 664 g/mol. The van der Waals surface area contributed by atoms with Crippen molar-refractivity contribution in [3.8, 4) is 0 Å². The van der Waals surface area contributed by atoms with E-state index in [0.717, 1.165) is 16.0 Å². The average molecular weight is 665 g/mol. The van der Waals surface area contributed by atoms with Crippen LogP contribution in [-0.4, -0.2) is 61.4 Å². The highest BCUT2D eigenvalue weighted by Gasteiger charge is 2.53. The van der Waals surface area contributed by atoms with Crippen LogP contribution in [0.5, 0.6) is 0 Å². The smallest absolute Gasteiger partial charge is 0.397 e. The zero-order chi connectivity index (χ0) is 32.5. The summed E-state index contributed by atoms with van der Waals surface area (Å²) in [6.07, 6.45) is -5.83. The first kappa shape index (κ1) is 33.3. The summed E-state index contributed by atoms with van der Waals surface area (Å²) in [7, 11) is -5.13. The van der Waals surface area contributed by atoms with Gasteiger partial charge in [-0.2, -0.15) is 8.42 Å². The summed E-state index contributed by atoms with van der Waals surface area (Å²) >= 11 is 1.18. The minimum absolute atomic E-state index is 0.149. The number of carbonyl (C=O) groups excluding carboxylic acids is 2. The normalized spacial score (nSPS) is 21.3. The number of rotatable bonds is 12. The second-order valence-corrected chi connectivity index (χ2v) is 12.7. The number of hydrogen-bond donors (Lipinski definition) is 1. The Morgan fingerprint density at radius 3 is 1.80 bits per heavy atom. The molecule has 4 aromatic rings. The maximum absolute atomic E-state index is 13.4. The highest BCUT2D eigenvalue weighted by Crippen LogP contribution is 2.38. The second-order valence-electron chi connectivity index (χ2n) is 10.4. The predicted molar refractivity (Wildman–Crippen MR) is 170 cm³/mol. The first-order chi connectivity index (χ1) is 22.2. The number of hydrogen-bond acceptors (Lipinski definition) is 10. The second kappa shape index (κ2) is 15.5. The molecule has 10 nitrogen and oxygen atoms in total. The molecule has 1 aliphatic rings. The van der Waals surface area contributed by atoms with Gasteiger partial charge in [-0.25, -0.2) is 13.8 Å². The molecule has 0 aliphatic carbocycles. The molecule has 5 atom stereocenters. The lowest BCUT2D eigenvalue weighted by molar-refractivity contribution is -0.204. The molecule has 1 aliphatic heterocycles. The summed E-state index contributed by atoms with van der Waals surface area (Å²) in [5.74, 6) is -1.60. The Labute approximate surface area is 271 Å². The maximum atomic E-state index is 13.4. The third-order valence-electron chi connectivity index (χ3n) is 7.00. The van der Waals surface area contributed by atoms with E-state index in [9.17, 15) is 22.6 Å². The molecule has 5 rings (SSSR count). The summed E-state index contributed by atoms with van der Waals surface area (Å²) in [5, 5.41) is 0. The summed E-state index contributed by atoms with van der Waals surface area (Å²) in [6, 6.07) is 32.9. The lowest BCUT2D eigenvalue weighted by Crippen LogP contribution is -2.61. The molecule has 0 amide bonds. The minimum Gasteiger partial charge on any atom is -0.452 e. The summed E-state index contributed by atoms with van der Waals surface area (Å²) < 4.78 is 63.4. The molecule has 12 heteroatoms. The molecule has 0 spiro atoms. The number of esters is 2. The van der Waals surface area contributed by atoms with Crippen LogP contribution < -0.4 is 0 Å². The van der Waals surface area contributed by atoms with Crippen molar-refractivity contribution in [1.29, 1.82) is 0 Å². The van der Waals surface area contributed by atoms with Crippen LogP contribution in [0.3, 0.4) is 0 Å². The summed E-state index contributed by atoms with van der Waals surface area (Å²) in [6.45, 7) is 1.86. The van der Waals surface area contributed by atoms with Crippen molar-refractivity contribution in [1.82, 2.24) is 0 Å². The summed E-state index contributed by atoms with van der Waals surface area (Å²) in [4.78, 5) is 27.6. The van der Waals surface area contributed by atoms with Crippen molar-refractivity contribution >= 4 is 34.1 Å². The highest BCUT2D eigenvalue weighted by molar-refractivity contribution is 7.99. The largest absolute Gasteiger partial charge is 0.452 e. The fourth-order valence-corrected chi connectivity index (χ4v) is 6.39. The van der Waals surface area contributed by atoms with Gasteiger partial charge in [0, 0.05) is 4.90 Å². The van der Waals surface area contributed by atoms with E-state index in [4.69, 9.17) is 23.1 Å². The van der Waals surface area contributed by atoms with Gasteiger partial charge in [0.15, 0.2) is 12.2 Å². The Hall–Kier alpha value is -4.04. The zero-order valence-electron chi connectivity index (χ0n) is 24.7. The quantitative estimate of drug-likeness (QED) is 0.148. The number of carbonyl (C=O) groups is 2. The molecule has 0 unspecified atom stereocenters. The van der Waals surface area contributed by atoms with Gasteiger partial charge in [-0.1, -0.05) is 96.2 Å². The van der Waals surface area contributed by atoms with Crippen molar-refractivity contribution in [2.75, 3.05) is 6.61 Å². The average Bonchev–Trinajstić information content (AvgIpc) is 3.05. The van der Waals surface area contributed by atoms with Crippen LogP contribution >= 0.6 is 11.8 Å². The SMILES string of the molecule is Cc1ccc(S[C@@H]2O[C@H](COCc3ccccc3)[C@@H](OS(=O)(=O)O)[C@H](OC(=O)c3ccccc3)[C@H]2OC(=O)c2ccccc2)cc1. The van der Waals surface area contributed by atoms with E-state index < -0.39 is 52.2 Å². The Kier molecular flexibility index (Phi) is 11.2. The van der Waals surface area contributed by atoms with Crippen molar-refractivity contribution in [3.05, 3.63) is 138 Å². The van der Waals surface area contributed by atoms with E-state index in [1.165, 1.54) is 23.9 Å². The Morgan fingerprint density at radius 1 is 0.739 bits per heavy atom. The van der Waals surface area contributed by atoms with Crippen LogP contribution in [0, 0.1) is 6.92 Å². The van der Waals surface area contributed by atoms with Gasteiger partial charge in [-0.3, -0.25) is 4.55 Å². The van der Waals surface area contributed by atoms with Crippen LogP contribution in [0.25, 0.3) is 0 Å². The Bertz CT molecular complexity index is 1680. The Morgan fingerprint density at radius 2 is 1.26 bits per heavy atom. The maximum Gasteiger partial charge on any atom is 0.397 e. The van der Waals surface area contributed by atoms with E-state index in [0.29, 0.717) is 0 Å². The molecular weight excluding hydrogens is 632 g/mol. The van der Waals surface area contributed by atoms with Gasteiger partial charge in [0.25, 0.3) is 0 Å². The number of aryl methyl sites for hydroxylation is 1. The topological polar surface area (TPSA) is 135 Å². The molecule has 0 bridgehead atoms. The minimum atomic E-state index is -5.13. The molecule has 1 heterocycles. The van der Waals surface area contributed by atoms with Crippen LogP contribution in [0.15, 0.2) is 120 Å². The van der Waals surface area contributed by atoms with Gasteiger partial charge < -0.3 is 18.9 Å². The first-order valence-corrected chi connectivity index (χ1v) is 16.6. The highest BCUT2D eigenvalue weighted by atomic mass is 32.3. The predicted octanol–water partition coefficient (Wildman–Crippen LogP) is 5.67. The fraction of sp³-hybridized carbons (Fsp3) is 0.235. The number of ether oxygens (including phenoxy) is 4. The van der Waals surface area contributed by atoms with Gasteiger partial charge in [0.1, 0.15) is 17.6 Å². The lowest BCUT2D eigenvalue weighted by Gasteiger charge is -2.44. The van der Waals surface area contributed by atoms with E-state index in [2.05, 4.69) is 0 Å². The van der Waals surface area contributed by atoms with Crippen LogP contribution in [-0.2, 0) is 40.1 Å². The van der Waals surface area contributed by atoms with Crippen molar-refractivity contribution < 1.29 is 45.7 Å². The zero-order valence-corrected chi connectivity index (χ0v) is 26.3. The van der Waals surface area contributed by atoms with Gasteiger partial charge in [0.05, 0.1) is 24.3 Å². The molecule has 1 fully saturated rings. The van der Waals surface area contributed by atoms with E-state index in [1.807, 2.05) is 61.5 Å². The van der Waals surface area contributed by atoms with Gasteiger partial charge in [0.2, 0.25) is 0 Å². The molecule has 240 valence electrons. The molecule has 0 aromatic heterocycles. The van der Waals surface area contributed by atoms with Crippen LogP contribution in [0.2, 0.25) is 0 Å². The van der Waals surface area contributed by atoms with E-state index >= 15 is 0 Å². The molecule has 1 saturated heterocycles. The van der Waals surface area contributed by atoms with Crippen molar-refractivity contribution in [2.24, 2.45) is 0 Å². The molecule has 0 saturated carbocycles. The standard InChI is InChI=1S/C34H32O10S2/c1-23-17-19-27(20-18-23)45-34-31(43-33(36)26-15-9-4-10-16-26)30(42-32(35)25-13-7-3-8-14-25)29(44-46(37,38)39)28(41-34)22-40-21-24-11-5-2-6-12-24/h2-20,28-31,34H,21-22H2,1H3,(H,37,38,39)/t28-,29-,30+,31-,34+/m1/s1. The van der Waals surface area contributed by atoms with Gasteiger partial charge >= 0.3 is 22.3 Å². The number of thioether (sulfide) groups is 1. The van der Waals surface area contributed by atoms with Gasteiger partial charge in [-0.15, -0.1) is 0 Å². The van der Waals surface area contributed by atoms with Crippen molar-refractivity contribution in [3.63, 3.8) is 0 Å². The molecule has 1 N–H and O–H groups in total. The van der Waals surface area contributed by atoms with Crippen LogP contribution in [0.1, 0.15) is 31.8 Å². The summed E-state index contributed by atoms with van der Waals surface area (Å²) in [5.41, 5.74) is 1.19. The molecular formula is C34H32O10S2. The molecule has 46 heavy (non-hydrogen) atoms. The lowest BCUT2D eigenvalue weighted by atomic mass is 9.99. The first-order valence-electron chi connectivity index (χ1n) is 14.3. The molecule has 0 radical (unpaired) electrons. The van der Waals surface area contributed by atoms with Crippen molar-refractivity contribution in [2.45, 2.75) is 48.3 Å². The van der Waals surface area contributed by atoms with E-state index in [1.54, 1.807) is 48.5 Å². The number of benzene rings is 4. The van der Waals surface area contributed by atoms with E-state index in [-0.39, 0.29) is 24.3 Å². The molecule has 4 aromatic carbocycles. The fourth-order valence-electron chi connectivity index (χ4n) is 4.77. The third-order valence-corrected chi connectivity index (χ3v) is 8.62. The third kappa shape index (κ3) is 9.25. The Balaban J connectivity index is 1.53. The van der Waals surface area contributed by atoms with Crippen LogP contribution in [0.4, 0.5) is 0 Å². The van der Waals surface area contributed by atoms with Gasteiger partial charge in [-0.05, 0) is 48.9 Å².